The summed E-state index contributed by atoms with van der Waals surface area (Å²) in [4.78, 5) is 13.8. The number of nitrogens with one attached hydrogen (secondary N) is 1. The molecule has 3 nitrogen and oxygen atoms in total. The first-order valence-electron chi connectivity index (χ1n) is 8.29. The Morgan fingerprint density at radius 1 is 1.13 bits per heavy atom. The molecule has 1 aliphatic carbocycles. The number of hydrogen-bond donors (Lipinski definition) is 1. The lowest BCUT2D eigenvalue weighted by atomic mass is 9.60. The molecule has 1 spiro atoms. The molecular formula is C19H21NO2S. The molecule has 1 aromatic carbocycles. The average Bonchev–Trinajstić information content (AvgIpc) is 3.14. The fraction of sp³-hybridized carbons (Fsp3) is 0.421. The van der Waals surface area contributed by atoms with Gasteiger partial charge in [0.2, 0.25) is 0 Å². The first-order valence-corrected chi connectivity index (χ1v) is 9.17. The van der Waals surface area contributed by atoms with E-state index in [1.807, 2.05) is 30.3 Å². The molecule has 4 heteroatoms. The summed E-state index contributed by atoms with van der Waals surface area (Å²) in [5, 5.41) is 5.32. The Bertz CT molecular complexity index is 672. The molecule has 2 aromatic rings. The zero-order valence-corrected chi connectivity index (χ0v) is 13.9. The van der Waals surface area contributed by atoms with E-state index < -0.39 is 0 Å². The lowest BCUT2D eigenvalue weighted by Crippen LogP contribution is -2.57. The molecule has 23 heavy (non-hydrogen) atoms. The Morgan fingerprint density at radius 3 is 2.52 bits per heavy atom. The van der Waals surface area contributed by atoms with Gasteiger partial charge < -0.3 is 10.1 Å². The number of carbonyl (C=O) groups excluding carboxylic acids is 1. The zero-order chi connectivity index (χ0) is 15.7. The summed E-state index contributed by atoms with van der Waals surface area (Å²) in [7, 11) is 0. The van der Waals surface area contributed by atoms with E-state index in [1.165, 1.54) is 16.9 Å². The minimum absolute atomic E-state index is 0.0540. The number of hydrogen-bond acceptors (Lipinski definition) is 3. The van der Waals surface area contributed by atoms with Gasteiger partial charge in [0.05, 0.1) is 0 Å². The third-order valence-corrected chi connectivity index (χ3v) is 6.34. The number of carbonyl (C=O) groups is 1. The first-order chi connectivity index (χ1) is 11.3. The molecule has 1 saturated carbocycles. The third kappa shape index (κ3) is 2.81. The van der Waals surface area contributed by atoms with Crippen LogP contribution in [0.5, 0.6) is 0 Å². The van der Waals surface area contributed by atoms with Crippen LogP contribution in [-0.2, 0) is 4.74 Å². The van der Waals surface area contributed by atoms with Crippen LogP contribution in [-0.4, -0.2) is 25.2 Å². The molecule has 1 saturated heterocycles. The molecule has 1 aromatic heterocycles. The van der Waals surface area contributed by atoms with Gasteiger partial charge in [-0.3, -0.25) is 4.79 Å². The van der Waals surface area contributed by atoms with Crippen molar-refractivity contribution in [3.8, 4) is 10.4 Å². The van der Waals surface area contributed by atoms with E-state index in [1.54, 1.807) is 11.3 Å². The van der Waals surface area contributed by atoms with Crippen molar-refractivity contribution in [3.63, 3.8) is 0 Å². The molecular weight excluding hydrogens is 306 g/mol. The molecule has 1 N–H and O–H groups in total. The minimum atomic E-state index is 0.0540. The van der Waals surface area contributed by atoms with E-state index in [2.05, 4.69) is 16.8 Å². The summed E-state index contributed by atoms with van der Waals surface area (Å²) in [5.74, 6) is 0.0540. The fourth-order valence-corrected chi connectivity index (χ4v) is 4.50. The van der Waals surface area contributed by atoms with Crippen LogP contribution < -0.4 is 5.32 Å². The van der Waals surface area contributed by atoms with Gasteiger partial charge in [-0.05, 0) is 60.2 Å². The highest BCUT2D eigenvalue weighted by molar-refractivity contribution is 7.13. The predicted octanol–water partition coefficient (Wildman–Crippen LogP) is 4.10. The second kappa shape index (κ2) is 6.10. The van der Waals surface area contributed by atoms with E-state index in [0.717, 1.165) is 38.0 Å². The van der Waals surface area contributed by atoms with Gasteiger partial charge in [0.25, 0.3) is 5.91 Å². The molecule has 1 atom stereocenters. The normalized spacial score (nSPS) is 22.5. The fourth-order valence-electron chi connectivity index (χ4n) is 3.77. The Kier molecular flexibility index (Phi) is 3.95. The highest BCUT2D eigenvalue weighted by Crippen LogP contribution is 2.48. The van der Waals surface area contributed by atoms with Crippen LogP contribution in [0.2, 0.25) is 0 Å². The summed E-state index contributed by atoms with van der Waals surface area (Å²) < 4.78 is 5.48. The Labute approximate surface area is 140 Å². The van der Waals surface area contributed by atoms with Crippen molar-refractivity contribution >= 4 is 17.2 Å². The van der Waals surface area contributed by atoms with Crippen molar-refractivity contribution in [2.24, 2.45) is 5.41 Å². The molecule has 120 valence electrons. The zero-order valence-electron chi connectivity index (χ0n) is 13.1. The SMILES string of the molecule is O=C(NC1CCC12CCOCC2)c1ccc(-c2cccs2)cc1. The number of amides is 1. The molecule has 0 bridgehead atoms. The number of benzene rings is 1. The average molecular weight is 327 g/mol. The van der Waals surface area contributed by atoms with Gasteiger partial charge in [0.1, 0.15) is 0 Å². The standard InChI is InChI=1S/C19H21NO2S/c21-18(20-17-7-8-19(17)9-11-22-12-10-19)15-5-3-14(4-6-15)16-2-1-13-23-16/h1-6,13,17H,7-12H2,(H,20,21). The van der Waals surface area contributed by atoms with Crippen molar-refractivity contribution in [2.75, 3.05) is 13.2 Å². The topological polar surface area (TPSA) is 38.3 Å². The second-order valence-corrected chi connectivity index (χ2v) is 7.54. The summed E-state index contributed by atoms with van der Waals surface area (Å²) >= 11 is 1.72. The smallest absolute Gasteiger partial charge is 0.251 e. The molecule has 0 radical (unpaired) electrons. The molecule has 2 fully saturated rings. The molecule has 4 rings (SSSR count). The van der Waals surface area contributed by atoms with E-state index in [4.69, 9.17) is 4.74 Å². The van der Waals surface area contributed by atoms with Crippen LogP contribution in [0.1, 0.15) is 36.0 Å². The van der Waals surface area contributed by atoms with Crippen molar-refractivity contribution in [1.29, 1.82) is 0 Å². The summed E-state index contributed by atoms with van der Waals surface area (Å²) in [6.45, 7) is 1.67. The van der Waals surface area contributed by atoms with Crippen molar-refractivity contribution in [2.45, 2.75) is 31.7 Å². The van der Waals surface area contributed by atoms with Crippen molar-refractivity contribution in [3.05, 3.63) is 47.3 Å². The minimum Gasteiger partial charge on any atom is -0.381 e. The maximum Gasteiger partial charge on any atom is 0.251 e. The monoisotopic (exact) mass is 327 g/mol. The predicted molar refractivity (Wildman–Crippen MR) is 92.7 cm³/mol. The lowest BCUT2D eigenvalue weighted by molar-refractivity contribution is -0.0523. The second-order valence-electron chi connectivity index (χ2n) is 6.59. The number of ether oxygens (including phenoxy) is 1. The van der Waals surface area contributed by atoms with Gasteiger partial charge in [-0.1, -0.05) is 18.2 Å². The summed E-state index contributed by atoms with van der Waals surface area (Å²) in [6.07, 6.45) is 4.47. The number of rotatable bonds is 3. The van der Waals surface area contributed by atoms with Crippen LogP contribution in [0.4, 0.5) is 0 Å². The molecule has 1 aliphatic heterocycles. The van der Waals surface area contributed by atoms with E-state index >= 15 is 0 Å². The van der Waals surface area contributed by atoms with Crippen LogP contribution in [0, 0.1) is 5.41 Å². The Morgan fingerprint density at radius 2 is 1.91 bits per heavy atom. The summed E-state index contributed by atoms with van der Waals surface area (Å²) in [5.41, 5.74) is 2.21. The molecule has 1 unspecified atom stereocenters. The third-order valence-electron chi connectivity index (χ3n) is 5.42. The summed E-state index contributed by atoms with van der Waals surface area (Å²) in [6, 6.07) is 12.4. The van der Waals surface area contributed by atoms with Crippen molar-refractivity contribution in [1.82, 2.24) is 5.32 Å². The van der Waals surface area contributed by atoms with Gasteiger partial charge in [-0.25, -0.2) is 0 Å². The quantitative estimate of drug-likeness (QED) is 0.921. The van der Waals surface area contributed by atoms with Crippen molar-refractivity contribution < 1.29 is 9.53 Å². The molecule has 1 amide bonds. The Hall–Kier alpha value is -1.65. The maximum absolute atomic E-state index is 12.5. The van der Waals surface area contributed by atoms with Crippen LogP contribution in [0.15, 0.2) is 41.8 Å². The molecule has 2 aliphatic rings. The Balaban J connectivity index is 1.43. The highest BCUT2D eigenvalue weighted by atomic mass is 32.1. The first kappa shape index (κ1) is 14.9. The van der Waals surface area contributed by atoms with Gasteiger partial charge in [0, 0.05) is 29.7 Å². The largest absolute Gasteiger partial charge is 0.381 e. The van der Waals surface area contributed by atoms with E-state index in [9.17, 15) is 4.79 Å². The molecule has 2 heterocycles. The van der Waals surface area contributed by atoms with Gasteiger partial charge in [-0.2, -0.15) is 0 Å². The number of thiophene rings is 1. The van der Waals surface area contributed by atoms with Crippen LogP contribution >= 0.6 is 11.3 Å². The van der Waals surface area contributed by atoms with E-state index in [0.29, 0.717) is 11.5 Å². The van der Waals surface area contributed by atoms with Crippen LogP contribution in [0.3, 0.4) is 0 Å². The highest BCUT2D eigenvalue weighted by Gasteiger charge is 2.47. The maximum atomic E-state index is 12.5. The van der Waals surface area contributed by atoms with Gasteiger partial charge in [0.15, 0.2) is 0 Å². The lowest BCUT2D eigenvalue weighted by Gasteiger charge is -2.52. The van der Waals surface area contributed by atoms with Gasteiger partial charge >= 0.3 is 0 Å². The van der Waals surface area contributed by atoms with Gasteiger partial charge in [-0.15, -0.1) is 11.3 Å². The van der Waals surface area contributed by atoms with Crippen LogP contribution in [0.25, 0.3) is 10.4 Å². The van der Waals surface area contributed by atoms with E-state index in [-0.39, 0.29) is 5.91 Å².